The number of aryl methyl sites for hydroxylation is 1. The van der Waals surface area contributed by atoms with Crippen molar-refractivity contribution < 1.29 is 17.7 Å². The summed E-state index contributed by atoms with van der Waals surface area (Å²) < 4.78 is 42.6. The largest absolute Gasteiger partial charge is 0.435 e. The van der Waals surface area contributed by atoms with Gasteiger partial charge >= 0.3 is 6.18 Å². The zero-order chi connectivity index (χ0) is 11.1. The summed E-state index contributed by atoms with van der Waals surface area (Å²) in [6.45, 7) is 0. The van der Waals surface area contributed by atoms with Gasteiger partial charge in [-0.05, 0) is 6.07 Å². The first-order valence-electron chi connectivity index (χ1n) is 3.99. The van der Waals surface area contributed by atoms with E-state index in [-0.39, 0.29) is 0 Å². The molecular formula is C8H6F3N3O. The van der Waals surface area contributed by atoms with E-state index in [0.717, 1.165) is 10.7 Å². The van der Waals surface area contributed by atoms with Gasteiger partial charge in [0.1, 0.15) is 6.26 Å². The van der Waals surface area contributed by atoms with E-state index in [9.17, 15) is 13.2 Å². The fraction of sp³-hybridized carbons (Fsp3) is 0.250. The average Bonchev–Trinajstić information content (AvgIpc) is 2.69. The quantitative estimate of drug-likeness (QED) is 0.734. The molecule has 2 rings (SSSR count). The SMILES string of the molecule is Cn1nc(C(F)(F)F)cc1-c1cnoc1. The maximum atomic E-state index is 12.3. The summed E-state index contributed by atoms with van der Waals surface area (Å²) in [5, 5.41) is 6.77. The van der Waals surface area contributed by atoms with Crippen LogP contribution in [0.3, 0.4) is 0 Å². The van der Waals surface area contributed by atoms with Crippen molar-refractivity contribution in [2.75, 3.05) is 0 Å². The Kier molecular flexibility index (Phi) is 2.02. The highest BCUT2D eigenvalue weighted by Crippen LogP contribution is 2.31. The predicted octanol–water partition coefficient (Wildman–Crippen LogP) is 2.09. The van der Waals surface area contributed by atoms with Gasteiger partial charge in [-0.2, -0.15) is 18.3 Å². The summed E-state index contributed by atoms with van der Waals surface area (Å²) in [7, 11) is 1.43. The zero-order valence-corrected chi connectivity index (χ0v) is 7.62. The average molecular weight is 217 g/mol. The molecule has 2 heterocycles. The Morgan fingerprint density at radius 3 is 2.60 bits per heavy atom. The highest BCUT2D eigenvalue weighted by Gasteiger charge is 2.34. The van der Waals surface area contributed by atoms with Crippen molar-refractivity contribution >= 4 is 0 Å². The van der Waals surface area contributed by atoms with Gasteiger partial charge in [0.2, 0.25) is 0 Å². The first kappa shape index (κ1) is 9.75. The molecule has 0 N–H and O–H groups in total. The molecule has 0 amide bonds. The highest BCUT2D eigenvalue weighted by atomic mass is 19.4. The molecule has 0 aliphatic rings. The molecule has 7 heteroatoms. The van der Waals surface area contributed by atoms with Crippen molar-refractivity contribution in [3.05, 3.63) is 24.2 Å². The number of aromatic nitrogens is 3. The Bertz CT molecular complexity index is 458. The maximum absolute atomic E-state index is 12.3. The van der Waals surface area contributed by atoms with Gasteiger partial charge < -0.3 is 4.52 Å². The first-order valence-corrected chi connectivity index (χ1v) is 3.99. The van der Waals surface area contributed by atoms with Crippen LogP contribution in [0.15, 0.2) is 23.0 Å². The topological polar surface area (TPSA) is 43.9 Å². The Hall–Kier alpha value is -1.79. The van der Waals surface area contributed by atoms with Crippen molar-refractivity contribution in [2.45, 2.75) is 6.18 Å². The molecule has 0 atom stereocenters. The van der Waals surface area contributed by atoms with Crippen LogP contribution in [0.25, 0.3) is 11.3 Å². The molecule has 0 radical (unpaired) electrons. The minimum atomic E-state index is -4.44. The second kappa shape index (κ2) is 3.11. The van der Waals surface area contributed by atoms with Gasteiger partial charge in [-0.15, -0.1) is 0 Å². The lowest BCUT2D eigenvalue weighted by molar-refractivity contribution is -0.141. The lowest BCUT2D eigenvalue weighted by Crippen LogP contribution is -2.06. The molecule has 0 bridgehead atoms. The van der Waals surface area contributed by atoms with Gasteiger partial charge in [-0.1, -0.05) is 5.16 Å². The van der Waals surface area contributed by atoms with Crippen molar-refractivity contribution in [1.82, 2.24) is 14.9 Å². The van der Waals surface area contributed by atoms with Crippen LogP contribution in [0.5, 0.6) is 0 Å². The smallest absolute Gasteiger partial charge is 0.364 e. The van der Waals surface area contributed by atoms with Crippen LogP contribution in [0.4, 0.5) is 13.2 Å². The standard InChI is InChI=1S/C8H6F3N3O/c1-14-6(5-3-12-15-4-5)2-7(13-14)8(9,10)11/h2-4H,1H3. The van der Waals surface area contributed by atoms with Gasteiger partial charge in [0.25, 0.3) is 0 Å². The second-order valence-corrected chi connectivity index (χ2v) is 2.95. The van der Waals surface area contributed by atoms with Crippen molar-refractivity contribution in [1.29, 1.82) is 0 Å². The van der Waals surface area contributed by atoms with Crippen LogP contribution in [0.1, 0.15) is 5.69 Å². The molecule has 0 spiro atoms. The van der Waals surface area contributed by atoms with Crippen molar-refractivity contribution in [2.24, 2.45) is 7.05 Å². The number of alkyl halides is 3. The molecule has 0 aromatic carbocycles. The van der Waals surface area contributed by atoms with Crippen LogP contribution >= 0.6 is 0 Å². The lowest BCUT2D eigenvalue weighted by atomic mass is 10.2. The molecule has 15 heavy (non-hydrogen) atoms. The minimum absolute atomic E-state index is 0.309. The lowest BCUT2D eigenvalue weighted by Gasteiger charge is -1.98. The Labute approximate surface area is 82.3 Å². The van der Waals surface area contributed by atoms with Crippen LogP contribution in [0.2, 0.25) is 0 Å². The normalized spacial score (nSPS) is 12.0. The van der Waals surface area contributed by atoms with Crippen LogP contribution in [-0.4, -0.2) is 14.9 Å². The van der Waals surface area contributed by atoms with E-state index in [1.165, 1.54) is 19.5 Å². The second-order valence-electron chi connectivity index (χ2n) is 2.95. The number of rotatable bonds is 1. The molecule has 4 nitrogen and oxygen atoms in total. The number of hydrogen-bond acceptors (Lipinski definition) is 3. The summed E-state index contributed by atoms with van der Waals surface area (Å²) in [4.78, 5) is 0. The molecular weight excluding hydrogens is 211 g/mol. The van der Waals surface area contributed by atoms with Crippen LogP contribution < -0.4 is 0 Å². The van der Waals surface area contributed by atoms with Crippen molar-refractivity contribution in [3.8, 4) is 11.3 Å². The molecule has 0 aliphatic carbocycles. The van der Waals surface area contributed by atoms with Crippen LogP contribution in [0, 0.1) is 0 Å². The summed E-state index contributed by atoms with van der Waals surface area (Å²) >= 11 is 0. The van der Waals surface area contributed by atoms with E-state index in [1.54, 1.807) is 0 Å². The molecule has 0 fully saturated rings. The predicted molar refractivity (Wildman–Crippen MR) is 43.7 cm³/mol. The Morgan fingerprint density at radius 1 is 1.40 bits per heavy atom. The molecule has 2 aromatic heterocycles. The number of hydrogen-bond donors (Lipinski definition) is 0. The third kappa shape index (κ3) is 1.72. The summed E-state index contributed by atoms with van der Waals surface area (Å²) in [6.07, 6.45) is -1.85. The van der Waals surface area contributed by atoms with E-state index >= 15 is 0 Å². The fourth-order valence-electron chi connectivity index (χ4n) is 1.21. The van der Waals surface area contributed by atoms with Crippen LogP contribution in [-0.2, 0) is 13.2 Å². The molecule has 0 saturated heterocycles. The summed E-state index contributed by atoms with van der Waals surface area (Å²) in [5.74, 6) is 0. The molecule has 80 valence electrons. The first-order chi connectivity index (χ1) is 6.98. The summed E-state index contributed by atoms with van der Waals surface area (Å²) in [6, 6.07) is 0.951. The monoisotopic (exact) mass is 217 g/mol. The Morgan fingerprint density at radius 2 is 2.13 bits per heavy atom. The van der Waals surface area contributed by atoms with E-state index in [2.05, 4.69) is 14.8 Å². The van der Waals surface area contributed by atoms with E-state index in [0.29, 0.717) is 11.3 Å². The van der Waals surface area contributed by atoms with E-state index < -0.39 is 11.9 Å². The molecule has 0 saturated carbocycles. The minimum Gasteiger partial charge on any atom is -0.364 e. The Balaban J connectivity index is 2.47. The zero-order valence-electron chi connectivity index (χ0n) is 7.62. The number of nitrogens with zero attached hydrogens (tertiary/aromatic N) is 3. The van der Waals surface area contributed by atoms with Gasteiger partial charge in [0.15, 0.2) is 5.69 Å². The highest BCUT2D eigenvalue weighted by molar-refractivity contribution is 5.57. The fourth-order valence-corrected chi connectivity index (χ4v) is 1.21. The van der Waals surface area contributed by atoms with Gasteiger partial charge in [-0.3, -0.25) is 4.68 Å². The maximum Gasteiger partial charge on any atom is 0.435 e. The van der Waals surface area contributed by atoms with E-state index in [4.69, 9.17) is 0 Å². The van der Waals surface area contributed by atoms with E-state index in [1.807, 2.05) is 0 Å². The van der Waals surface area contributed by atoms with Gasteiger partial charge in [0, 0.05) is 7.05 Å². The number of halogens is 3. The third-order valence-corrected chi connectivity index (χ3v) is 1.90. The van der Waals surface area contributed by atoms with Crippen molar-refractivity contribution in [3.63, 3.8) is 0 Å². The van der Waals surface area contributed by atoms with Gasteiger partial charge in [-0.25, -0.2) is 0 Å². The molecule has 0 unspecified atom stereocenters. The summed E-state index contributed by atoms with van der Waals surface area (Å²) in [5.41, 5.74) is -0.162. The molecule has 2 aromatic rings. The third-order valence-electron chi connectivity index (χ3n) is 1.90. The van der Waals surface area contributed by atoms with Gasteiger partial charge in [0.05, 0.1) is 17.5 Å². The molecule has 0 aliphatic heterocycles.